The molecule has 0 saturated carbocycles. The van der Waals surface area contributed by atoms with E-state index in [2.05, 4.69) is 0 Å². The van der Waals surface area contributed by atoms with E-state index in [0.29, 0.717) is 5.56 Å². The Bertz CT molecular complexity index is 458. The van der Waals surface area contributed by atoms with Crippen LogP contribution in [0.15, 0.2) is 30.3 Å². The van der Waals surface area contributed by atoms with E-state index >= 15 is 0 Å². The summed E-state index contributed by atoms with van der Waals surface area (Å²) in [5.41, 5.74) is -0.159. The van der Waals surface area contributed by atoms with Gasteiger partial charge in [-0.1, -0.05) is 39.0 Å². The first kappa shape index (κ1) is 12.4. The summed E-state index contributed by atoms with van der Waals surface area (Å²) in [6, 6.07) is 8.36. The first-order valence-corrected chi connectivity index (χ1v) is 4.93. The molecule has 0 bridgehead atoms. The molecule has 1 aromatic rings. The van der Waals surface area contributed by atoms with Crippen LogP contribution in [0.25, 0.3) is 5.57 Å². The number of rotatable bonds is 1. The van der Waals surface area contributed by atoms with Gasteiger partial charge in [0.2, 0.25) is 0 Å². The van der Waals surface area contributed by atoms with E-state index in [1.54, 1.807) is 45.0 Å². The summed E-state index contributed by atoms with van der Waals surface area (Å²) in [4.78, 5) is 0. The highest BCUT2D eigenvalue weighted by Crippen LogP contribution is 2.38. The van der Waals surface area contributed by atoms with Gasteiger partial charge in [-0.3, -0.25) is 0 Å². The molecule has 0 amide bonds. The monoisotopic (exact) mass is 221 g/mol. The van der Waals surface area contributed by atoms with Crippen molar-refractivity contribution in [1.82, 2.24) is 0 Å². The molecule has 0 N–H and O–H groups in total. The molecule has 3 heteroatoms. The second kappa shape index (κ2) is 4.44. The fraction of sp³-hybridized carbons (Fsp3) is 0.308. The molecule has 0 aliphatic rings. The van der Waals surface area contributed by atoms with Crippen LogP contribution in [0.2, 0.25) is 0 Å². The lowest BCUT2D eigenvalue weighted by Gasteiger charge is -2.22. The summed E-state index contributed by atoms with van der Waals surface area (Å²) in [5, 5.41) is 8.90. The van der Waals surface area contributed by atoms with E-state index < -0.39 is 11.5 Å². The molecule has 0 saturated heterocycles. The Hall–Kier alpha value is -1.69. The van der Waals surface area contributed by atoms with Crippen LogP contribution in [-0.2, 0) is 0 Å². The predicted molar refractivity (Wildman–Crippen MR) is 59.7 cm³/mol. The quantitative estimate of drug-likeness (QED) is 0.696. The Morgan fingerprint density at radius 3 is 2.19 bits per heavy atom. The second-order valence-corrected chi connectivity index (χ2v) is 4.54. The zero-order valence-electron chi connectivity index (χ0n) is 9.51. The Balaban J connectivity index is 3.48. The summed E-state index contributed by atoms with van der Waals surface area (Å²) in [6.45, 7) is 5.11. The Morgan fingerprint density at radius 2 is 1.75 bits per heavy atom. The molecule has 0 unspecified atom stereocenters. The minimum Gasteiger partial charge on any atom is -0.192 e. The molecule has 0 atom stereocenters. The number of allylic oxidation sites excluding steroid dienone is 1. The lowest BCUT2D eigenvalue weighted by Crippen LogP contribution is -2.10. The van der Waals surface area contributed by atoms with Gasteiger partial charge in [0.25, 0.3) is 6.08 Å². The molecule has 0 aliphatic heterocycles. The predicted octanol–water partition coefficient (Wildman–Crippen LogP) is 4.21. The summed E-state index contributed by atoms with van der Waals surface area (Å²) in [5.74, 6) is 0. The zero-order valence-corrected chi connectivity index (χ0v) is 9.51. The largest absolute Gasteiger partial charge is 0.274 e. The van der Waals surface area contributed by atoms with E-state index in [9.17, 15) is 8.78 Å². The Kier molecular flexibility index (Phi) is 3.44. The minimum absolute atomic E-state index is 0.0651. The molecule has 0 radical (unpaired) electrons. The van der Waals surface area contributed by atoms with Crippen molar-refractivity contribution in [1.29, 1.82) is 5.26 Å². The van der Waals surface area contributed by atoms with E-state index in [-0.39, 0.29) is 11.1 Å². The number of benzene rings is 1. The smallest absolute Gasteiger partial charge is 0.192 e. The molecule has 16 heavy (non-hydrogen) atoms. The van der Waals surface area contributed by atoms with Crippen molar-refractivity contribution in [2.75, 3.05) is 0 Å². The fourth-order valence-electron chi connectivity index (χ4n) is 1.59. The van der Waals surface area contributed by atoms with Crippen LogP contribution in [0, 0.1) is 16.7 Å². The van der Waals surface area contributed by atoms with Crippen molar-refractivity contribution in [2.24, 2.45) is 5.41 Å². The van der Waals surface area contributed by atoms with Crippen LogP contribution in [0.4, 0.5) is 8.78 Å². The van der Waals surface area contributed by atoms with Crippen LogP contribution in [0.1, 0.15) is 31.9 Å². The zero-order chi connectivity index (χ0) is 12.3. The third-order valence-electron chi connectivity index (χ3n) is 2.26. The van der Waals surface area contributed by atoms with Crippen molar-refractivity contribution >= 4 is 5.57 Å². The van der Waals surface area contributed by atoms with Gasteiger partial charge in [0, 0.05) is 11.1 Å². The van der Waals surface area contributed by atoms with Gasteiger partial charge in [-0.2, -0.15) is 14.0 Å². The molecule has 1 nitrogen and oxygen atoms in total. The molecule has 1 rings (SSSR count). The van der Waals surface area contributed by atoms with Crippen molar-refractivity contribution in [3.63, 3.8) is 0 Å². The van der Waals surface area contributed by atoms with E-state index in [4.69, 9.17) is 5.26 Å². The van der Waals surface area contributed by atoms with Crippen LogP contribution in [0.3, 0.4) is 0 Å². The minimum atomic E-state index is -1.73. The number of nitriles is 1. The van der Waals surface area contributed by atoms with Crippen molar-refractivity contribution in [3.05, 3.63) is 41.5 Å². The maximum Gasteiger partial charge on any atom is 0.274 e. The lowest BCUT2D eigenvalue weighted by molar-refractivity contribution is 0.405. The molecule has 0 spiro atoms. The molecule has 1 aromatic carbocycles. The van der Waals surface area contributed by atoms with Gasteiger partial charge >= 0.3 is 0 Å². The van der Waals surface area contributed by atoms with Gasteiger partial charge in [0.05, 0.1) is 11.6 Å². The SMILES string of the molecule is CC(C)(C)C(=C(F)F)c1ccccc1C#N. The normalized spacial score (nSPS) is 10.8. The summed E-state index contributed by atoms with van der Waals surface area (Å²) >= 11 is 0. The standard InChI is InChI=1S/C13H13F2N/c1-13(2,3)11(12(14)15)10-7-5-4-6-9(10)8-16/h4-7H,1-3H3. The summed E-state index contributed by atoms with van der Waals surface area (Å²) in [6.07, 6.45) is -1.73. The Morgan fingerprint density at radius 1 is 1.19 bits per heavy atom. The number of hydrogen-bond donors (Lipinski definition) is 0. The average molecular weight is 221 g/mol. The van der Waals surface area contributed by atoms with E-state index in [0.717, 1.165) is 0 Å². The molecular formula is C13H13F2N. The van der Waals surface area contributed by atoms with Crippen LogP contribution >= 0.6 is 0 Å². The number of hydrogen-bond acceptors (Lipinski definition) is 1. The van der Waals surface area contributed by atoms with E-state index in [1.807, 2.05) is 6.07 Å². The van der Waals surface area contributed by atoms with Gasteiger partial charge in [-0.25, -0.2) is 0 Å². The van der Waals surface area contributed by atoms with Gasteiger partial charge < -0.3 is 0 Å². The maximum absolute atomic E-state index is 13.0. The molecule has 0 aliphatic carbocycles. The van der Waals surface area contributed by atoms with Crippen molar-refractivity contribution < 1.29 is 8.78 Å². The summed E-state index contributed by atoms with van der Waals surface area (Å²) in [7, 11) is 0. The first-order chi connectivity index (χ1) is 7.38. The average Bonchev–Trinajstić information content (AvgIpc) is 2.15. The van der Waals surface area contributed by atoms with Crippen LogP contribution < -0.4 is 0 Å². The highest BCUT2D eigenvalue weighted by atomic mass is 19.3. The molecule has 0 aromatic heterocycles. The van der Waals surface area contributed by atoms with Gasteiger partial charge in [0.15, 0.2) is 0 Å². The third-order valence-corrected chi connectivity index (χ3v) is 2.26. The maximum atomic E-state index is 13.0. The lowest BCUT2D eigenvalue weighted by atomic mass is 9.81. The summed E-state index contributed by atoms with van der Waals surface area (Å²) < 4.78 is 25.9. The van der Waals surface area contributed by atoms with Crippen molar-refractivity contribution in [3.8, 4) is 6.07 Å². The second-order valence-electron chi connectivity index (χ2n) is 4.54. The van der Waals surface area contributed by atoms with Crippen LogP contribution in [0.5, 0.6) is 0 Å². The molecular weight excluding hydrogens is 208 g/mol. The molecule has 84 valence electrons. The van der Waals surface area contributed by atoms with Crippen molar-refractivity contribution in [2.45, 2.75) is 20.8 Å². The van der Waals surface area contributed by atoms with E-state index in [1.165, 1.54) is 0 Å². The highest BCUT2D eigenvalue weighted by molar-refractivity contribution is 5.74. The third kappa shape index (κ3) is 2.46. The topological polar surface area (TPSA) is 23.8 Å². The Labute approximate surface area is 94.0 Å². The fourth-order valence-corrected chi connectivity index (χ4v) is 1.59. The highest BCUT2D eigenvalue weighted by Gasteiger charge is 2.25. The number of halogens is 2. The van der Waals surface area contributed by atoms with Crippen LogP contribution in [-0.4, -0.2) is 0 Å². The van der Waals surface area contributed by atoms with Gasteiger partial charge in [-0.15, -0.1) is 0 Å². The molecule has 0 fully saturated rings. The van der Waals surface area contributed by atoms with Gasteiger partial charge in [-0.05, 0) is 11.5 Å². The first-order valence-electron chi connectivity index (χ1n) is 4.93. The number of nitrogens with zero attached hydrogens (tertiary/aromatic N) is 1. The molecule has 0 heterocycles. The van der Waals surface area contributed by atoms with Gasteiger partial charge in [0.1, 0.15) is 0 Å².